The minimum Gasteiger partial charge on any atom is -0.0879 e. The van der Waals surface area contributed by atoms with Gasteiger partial charge in [0.1, 0.15) is 0 Å². The van der Waals surface area contributed by atoms with Gasteiger partial charge in [0.2, 0.25) is 0 Å². The van der Waals surface area contributed by atoms with Crippen molar-refractivity contribution in [1.29, 1.82) is 0 Å². The minimum atomic E-state index is 0.906. The summed E-state index contributed by atoms with van der Waals surface area (Å²) < 4.78 is 0. The van der Waals surface area contributed by atoms with Gasteiger partial charge >= 0.3 is 0 Å². The van der Waals surface area contributed by atoms with Gasteiger partial charge in [-0.25, -0.2) is 0 Å². The predicted octanol–water partition coefficient (Wildman–Crippen LogP) is 12.3. The molecule has 20 aliphatic carbocycles. The Morgan fingerprint density at radius 2 is 0.922 bits per heavy atom. The van der Waals surface area contributed by atoms with Gasteiger partial charge in [-0.1, -0.05) is 50.7 Å². The molecule has 51 heavy (non-hydrogen) atoms. The van der Waals surface area contributed by atoms with Crippen molar-refractivity contribution in [2.24, 2.45) is 159 Å². The third kappa shape index (κ3) is 3.51. The molecular weight excluding hydrogens is 613 g/mol. The first-order valence-electron chi connectivity index (χ1n) is 24.9. The second-order valence-corrected chi connectivity index (χ2v) is 24.8. The molecule has 0 heterocycles. The van der Waals surface area contributed by atoms with Gasteiger partial charge in [-0.05, 0) is 262 Å². The summed E-state index contributed by atoms with van der Waals surface area (Å²) in [6.45, 7) is 0. The van der Waals surface area contributed by atoms with Gasteiger partial charge in [-0.2, -0.15) is 0 Å². The highest BCUT2D eigenvalue weighted by Gasteiger charge is 2.97. The zero-order valence-corrected chi connectivity index (χ0v) is 32.2. The molecule has 19 unspecified atom stereocenters. The van der Waals surface area contributed by atoms with Crippen LogP contribution >= 0.6 is 0 Å². The fourth-order valence-corrected chi connectivity index (χ4v) is 23.7. The Balaban J connectivity index is 0.0000000649. The van der Waals surface area contributed by atoms with E-state index in [0.29, 0.717) is 0 Å². The van der Waals surface area contributed by atoms with Crippen molar-refractivity contribution in [3.05, 3.63) is 12.2 Å². The molecule has 0 radical (unpaired) electrons. The first kappa shape index (κ1) is 30.0. The van der Waals surface area contributed by atoms with Gasteiger partial charge in [0.15, 0.2) is 0 Å². The van der Waals surface area contributed by atoms with Crippen molar-refractivity contribution in [2.45, 2.75) is 141 Å². The molecule has 0 aromatic carbocycles. The summed E-state index contributed by atoms with van der Waals surface area (Å²) >= 11 is 0. The standard InChI is InChI=1S/C11H14.2C11H18.C10H14.C8H8/c1-4-5-2-9-8(1)10-6(4)3-7(5)11(9)10;1-3-9-7-10-4-2-6-11(10,5-1)8-9;1-2-4-10-9-5-6-11(10)8(3-1)7-9;1-2-9-7-4-5-8(6-7)10(9)3-1;1-2-5-3(1)7-4(1)6(2)8(5)7/h4-11H,1-3H2;9-10H,1-8H2;8-11H,1-7H2;1-2,7-10H,3-6H2;1-8H. The van der Waals surface area contributed by atoms with Crippen molar-refractivity contribution in [3.8, 4) is 0 Å². The highest BCUT2D eigenvalue weighted by atomic mass is 15.0. The monoisotopic (exact) mass is 685 g/mol. The molecule has 1 spiro atoms. The van der Waals surface area contributed by atoms with E-state index in [2.05, 4.69) is 12.2 Å². The third-order valence-electron chi connectivity index (χ3n) is 24.8. The molecule has 20 rings (SSSR count). The van der Waals surface area contributed by atoms with Crippen LogP contribution in [0.25, 0.3) is 0 Å². The molecule has 10 bridgehead atoms. The van der Waals surface area contributed by atoms with Gasteiger partial charge in [-0.15, -0.1) is 0 Å². The Morgan fingerprint density at radius 3 is 1.65 bits per heavy atom. The van der Waals surface area contributed by atoms with E-state index in [9.17, 15) is 0 Å². The molecule has 19 atom stereocenters. The Kier molecular flexibility index (Phi) is 5.98. The van der Waals surface area contributed by atoms with Crippen molar-refractivity contribution in [1.82, 2.24) is 0 Å². The highest BCUT2D eigenvalue weighted by molar-refractivity contribution is 5.44. The van der Waals surface area contributed by atoms with Crippen LogP contribution in [0.4, 0.5) is 0 Å². The molecule has 19 saturated carbocycles. The number of rotatable bonds is 0. The zero-order chi connectivity index (χ0) is 32.5. The second kappa shape index (κ2) is 10.2. The lowest BCUT2D eigenvalue weighted by molar-refractivity contribution is -0.565. The van der Waals surface area contributed by atoms with Crippen molar-refractivity contribution < 1.29 is 0 Å². The molecular formula is C51H72. The lowest BCUT2D eigenvalue weighted by Crippen LogP contribution is -3.00. The van der Waals surface area contributed by atoms with Crippen molar-refractivity contribution in [3.63, 3.8) is 0 Å². The largest absolute Gasteiger partial charge is 0.0879 e. The lowest BCUT2D eigenvalue weighted by atomic mass is 9.01. The predicted molar refractivity (Wildman–Crippen MR) is 204 cm³/mol. The van der Waals surface area contributed by atoms with Crippen LogP contribution in [0.15, 0.2) is 12.2 Å². The van der Waals surface area contributed by atoms with Crippen LogP contribution in [0.1, 0.15) is 141 Å². The summed E-state index contributed by atoms with van der Waals surface area (Å²) in [7, 11) is 0. The van der Waals surface area contributed by atoms with E-state index < -0.39 is 0 Å². The number of hydrogen-bond acceptors (Lipinski definition) is 0. The fourth-order valence-electron chi connectivity index (χ4n) is 23.7. The average Bonchev–Trinajstić information content (AvgIpc) is 4.00. The number of allylic oxidation sites excluding steroid dienone is 2. The normalized spacial score (nSPS) is 69.8. The highest BCUT2D eigenvalue weighted by Crippen LogP contribution is 3.01. The topological polar surface area (TPSA) is 0 Å². The summed E-state index contributed by atoms with van der Waals surface area (Å²) in [4.78, 5) is 0. The van der Waals surface area contributed by atoms with Gasteiger partial charge in [0, 0.05) is 0 Å². The Bertz CT molecular complexity index is 1340. The smallest absolute Gasteiger partial charge is 0.0171 e. The van der Waals surface area contributed by atoms with Crippen LogP contribution in [0.3, 0.4) is 0 Å². The third-order valence-corrected chi connectivity index (χ3v) is 24.8. The number of fused-ring (bicyclic) bond motifs is 8. The maximum atomic E-state index is 2.49. The van der Waals surface area contributed by atoms with Crippen molar-refractivity contribution >= 4 is 0 Å². The molecule has 0 nitrogen and oxygen atoms in total. The molecule has 0 aliphatic heterocycles. The van der Waals surface area contributed by atoms with E-state index in [0.717, 1.165) is 35.0 Å². The summed E-state index contributed by atoms with van der Waals surface area (Å²) in [5, 5.41) is 0. The molecule has 0 aromatic heterocycles. The molecule has 276 valence electrons. The summed E-state index contributed by atoms with van der Waals surface area (Å²) in [6.07, 6.45) is 39.8. The van der Waals surface area contributed by atoms with Crippen LogP contribution in [-0.4, -0.2) is 0 Å². The van der Waals surface area contributed by atoms with Crippen LogP contribution in [-0.2, 0) is 0 Å². The zero-order valence-electron chi connectivity index (χ0n) is 32.2. The Labute approximate surface area is 311 Å². The SMILES string of the molecule is C12C3C4C1C1C2C3C41.C1=CC2C3CCC(C3)C2C1.C1C2C3CC4C5CC3C1C5C24.C1CC2CC3CCCC3(C1)C2.C1CCC2C3CCC2C(C1)C3. The van der Waals surface area contributed by atoms with Gasteiger partial charge < -0.3 is 0 Å². The first-order chi connectivity index (χ1) is 25.2. The van der Waals surface area contributed by atoms with E-state index in [1.165, 1.54) is 137 Å². The van der Waals surface area contributed by atoms with Crippen LogP contribution in [0, 0.1) is 159 Å². The Morgan fingerprint density at radius 1 is 0.373 bits per heavy atom. The van der Waals surface area contributed by atoms with Crippen LogP contribution in [0.5, 0.6) is 0 Å². The van der Waals surface area contributed by atoms with E-state index >= 15 is 0 Å². The molecule has 0 N–H and O–H groups in total. The van der Waals surface area contributed by atoms with Crippen molar-refractivity contribution in [2.75, 3.05) is 0 Å². The molecule has 0 amide bonds. The maximum absolute atomic E-state index is 2.49. The lowest BCUT2D eigenvalue weighted by Gasteiger charge is -3.03. The molecule has 20 aliphatic rings. The quantitative estimate of drug-likeness (QED) is 0.223. The molecule has 0 heteroatoms. The van der Waals surface area contributed by atoms with E-state index in [1.807, 2.05) is 0 Å². The van der Waals surface area contributed by atoms with Crippen LogP contribution in [0.2, 0.25) is 0 Å². The summed E-state index contributed by atoms with van der Waals surface area (Å²) in [5.74, 6) is 32.3. The minimum absolute atomic E-state index is 0.906. The van der Waals surface area contributed by atoms with Crippen LogP contribution < -0.4 is 0 Å². The van der Waals surface area contributed by atoms with Gasteiger partial charge in [0.25, 0.3) is 0 Å². The molecule has 19 fully saturated rings. The summed E-state index contributed by atoms with van der Waals surface area (Å²) in [5.41, 5.74) is 0.906. The molecule has 0 aromatic rings. The van der Waals surface area contributed by atoms with Gasteiger partial charge in [-0.3, -0.25) is 0 Å². The average molecular weight is 685 g/mol. The summed E-state index contributed by atoms with van der Waals surface area (Å²) in [6, 6.07) is 0. The first-order valence-corrected chi connectivity index (χ1v) is 24.9. The Hall–Kier alpha value is -0.260. The fraction of sp³-hybridized carbons (Fsp3) is 0.961. The van der Waals surface area contributed by atoms with E-state index in [4.69, 9.17) is 0 Å². The maximum Gasteiger partial charge on any atom is -0.0171 e. The van der Waals surface area contributed by atoms with E-state index in [-0.39, 0.29) is 0 Å². The second-order valence-electron chi connectivity index (χ2n) is 24.8. The number of hydrogen-bond donors (Lipinski definition) is 0. The van der Waals surface area contributed by atoms with E-state index in [1.54, 1.807) is 128 Å². The molecule has 0 saturated heterocycles. The van der Waals surface area contributed by atoms with Gasteiger partial charge in [0.05, 0.1) is 0 Å².